The summed E-state index contributed by atoms with van der Waals surface area (Å²) in [5.41, 5.74) is 6.08. The number of rotatable bonds is 2. The van der Waals surface area contributed by atoms with Crippen molar-refractivity contribution < 1.29 is 4.39 Å². The van der Waals surface area contributed by atoms with E-state index in [1.807, 2.05) is 18.2 Å². The molecule has 0 amide bonds. The summed E-state index contributed by atoms with van der Waals surface area (Å²) in [5, 5.41) is 3.53. The average Bonchev–Trinajstić information content (AvgIpc) is 2.99. The van der Waals surface area contributed by atoms with E-state index in [0.29, 0.717) is 0 Å². The molecule has 108 valence electrons. The van der Waals surface area contributed by atoms with Gasteiger partial charge < -0.3 is 5.32 Å². The first kappa shape index (κ1) is 13.1. The molecule has 1 aliphatic rings. The van der Waals surface area contributed by atoms with E-state index in [2.05, 4.69) is 47.8 Å². The molecule has 3 aromatic rings. The van der Waals surface area contributed by atoms with Crippen LogP contribution < -0.4 is 5.32 Å². The van der Waals surface area contributed by atoms with Gasteiger partial charge in [0.2, 0.25) is 0 Å². The smallest absolute Gasteiger partial charge is 0.123 e. The number of benzene rings is 3. The largest absolute Gasteiger partial charge is 0.378 e. The molecule has 0 aromatic heterocycles. The van der Waals surface area contributed by atoms with Gasteiger partial charge in [0.1, 0.15) is 5.82 Å². The topological polar surface area (TPSA) is 12.0 Å². The predicted octanol–water partition coefficient (Wildman–Crippen LogP) is 5.20. The van der Waals surface area contributed by atoms with Crippen molar-refractivity contribution in [2.24, 2.45) is 0 Å². The molecule has 1 unspecified atom stereocenters. The molecule has 1 aliphatic heterocycles. The molecule has 22 heavy (non-hydrogen) atoms. The second-order valence-electron chi connectivity index (χ2n) is 5.69. The minimum atomic E-state index is -0.189. The van der Waals surface area contributed by atoms with Crippen LogP contribution in [0.15, 0.2) is 72.8 Å². The van der Waals surface area contributed by atoms with E-state index in [0.717, 1.165) is 12.0 Å². The van der Waals surface area contributed by atoms with Crippen molar-refractivity contribution in [1.29, 1.82) is 0 Å². The van der Waals surface area contributed by atoms with Crippen LogP contribution in [0.25, 0.3) is 11.1 Å². The second kappa shape index (κ2) is 5.30. The molecule has 0 radical (unpaired) electrons. The Morgan fingerprint density at radius 1 is 0.818 bits per heavy atom. The third kappa shape index (κ3) is 2.37. The summed E-state index contributed by atoms with van der Waals surface area (Å²) in [6, 6.07) is 23.9. The van der Waals surface area contributed by atoms with Gasteiger partial charge in [0.05, 0.1) is 6.04 Å². The van der Waals surface area contributed by atoms with Crippen molar-refractivity contribution in [1.82, 2.24) is 0 Å². The highest BCUT2D eigenvalue weighted by atomic mass is 19.1. The zero-order chi connectivity index (χ0) is 14.9. The second-order valence-corrected chi connectivity index (χ2v) is 5.69. The van der Waals surface area contributed by atoms with Crippen molar-refractivity contribution in [3.8, 4) is 11.1 Å². The van der Waals surface area contributed by atoms with Gasteiger partial charge in [0.15, 0.2) is 0 Å². The van der Waals surface area contributed by atoms with Crippen LogP contribution in [0.1, 0.15) is 17.2 Å². The van der Waals surface area contributed by atoms with Gasteiger partial charge >= 0.3 is 0 Å². The van der Waals surface area contributed by atoms with Crippen molar-refractivity contribution in [3.63, 3.8) is 0 Å². The van der Waals surface area contributed by atoms with Gasteiger partial charge in [-0.3, -0.25) is 0 Å². The molecule has 3 aromatic carbocycles. The molecule has 0 spiro atoms. The van der Waals surface area contributed by atoms with Gasteiger partial charge in [-0.15, -0.1) is 0 Å². The van der Waals surface area contributed by atoms with Crippen molar-refractivity contribution >= 4 is 5.69 Å². The van der Waals surface area contributed by atoms with Crippen molar-refractivity contribution in [2.45, 2.75) is 12.5 Å². The van der Waals surface area contributed by atoms with Gasteiger partial charge in [-0.2, -0.15) is 0 Å². The Hall–Kier alpha value is -2.61. The summed E-state index contributed by atoms with van der Waals surface area (Å²) in [4.78, 5) is 0. The van der Waals surface area contributed by atoms with Crippen molar-refractivity contribution in [3.05, 3.63) is 89.7 Å². The van der Waals surface area contributed by atoms with Crippen LogP contribution in [0.2, 0.25) is 0 Å². The third-order valence-corrected chi connectivity index (χ3v) is 4.24. The summed E-state index contributed by atoms with van der Waals surface area (Å²) >= 11 is 0. The monoisotopic (exact) mass is 289 g/mol. The minimum Gasteiger partial charge on any atom is -0.378 e. The molecule has 1 heterocycles. The first-order valence-corrected chi connectivity index (χ1v) is 7.50. The number of nitrogens with one attached hydrogen (secondary N) is 1. The molecule has 0 aliphatic carbocycles. The summed E-state index contributed by atoms with van der Waals surface area (Å²) in [6.07, 6.45) is 0.932. The van der Waals surface area contributed by atoms with Gasteiger partial charge in [-0.25, -0.2) is 4.39 Å². The van der Waals surface area contributed by atoms with Crippen LogP contribution >= 0.6 is 0 Å². The van der Waals surface area contributed by atoms with Gasteiger partial charge in [0, 0.05) is 5.69 Å². The van der Waals surface area contributed by atoms with E-state index in [1.54, 1.807) is 0 Å². The van der Waals surface area contributed by atoms with E-state index >= 15 is 0 Å². The Balaban J connectivity index is 1.63. The van der Waals surface area contributed by atoms with Gasteiger partial charge in [-0.1, -0.05) is 48.5 Å². The molecule has 4 rings (SSSR count). The highest BCUT2D eigenvalue weighted by Gasteiger charge is 2.22. The summed E-state index contributed by atoms with van der Waals surface area (Å²) in [5.74, 6) is -0.189. The third-order valence-electron chi connectivity index (χ3n) is 4.24. The van der Waals surface area contributed by atoms with Crippen LogP contribution in [0.5, 0.6) is 0 Å². The molecule has 0 fully saturated rings. The number of fused-ring (bicyclic) bond motifs is 1. The Morgan fingerprint density at radius 2 is 1.59 bits per heavy atom. The van der Waals surface area contributed by atoms with Crippen LogP contribution in [-0.4, -0.2) is 0 Å². The molecule has 1 atom stereocenters. The van der Waals surface area contributed by atoms with Crippen LogP contribution in [0.3, 0.4) is 0 Å². The number of anilines is 1. The molecule has 0 saturated carbocycles. The lowest BCUT2D eigenvalue weighted by Gasteiger charge is -2.11. The average molecular weight is 289 g/mol. The fourth-order valence-electron chi connectivity index (χ4n) is 3.07. The van der Waals surface area contributed by atoms with Crippen LogP contribution in [-0.2, 0) is 6.42 Å². The molecular weight excluding hydrogens is 273 g/mol. The molecule has 0 bridgehead atoms. The lowest BCUT2D eigenvalue weighted by molar-refractivity contribution is 0.626. The Kier molecular flexibility index (Phi) is 3.15. The number of halogens is 1. The fraction of sp³-hybridized carbons (Fsp3) is 0.100. The molecule has 1 nitrogen and oxygen atoms in total. The van der Waals surface area contributed by atoms with E-state index in [1.165, 1.54) is 34.5 Å². The van der Waals surface area contributed by atoms with E-state index < -0.39 is 0 Å². The standard InChI is InChI=1S/C20H16FN/c21-18-9-6-15(7-10-18)20-13-17-12-16(8-11-19(17)22-20)14-4-2-1-3-5-14/h1-12,20,22H,13H2. The highest BCUT2D eigenvalue weighted by molar-refractivity contribution is 5.70. The van der Waals surface area contributed by atoms with E-state index in [9.17, 15) is 4.39 Å². The predicted molar refractivity (Wildman–Crippen MR) is 88.3 cm³/mol. The van der Waals surface area contributed by atoms with Gasteiger partial charge in [-0.05, 0) is 52.9 Å². The quantitative estimate of drug-likeness (QED) is 0.683. The zero-order valence-corrected chi connectivity index (χ0v) is 12.1. The summed E-state index contributed by atoms with van der Waals surface area (Å²) < 4.78 is 13.1. The normalized spacial score (nSPS) is 16.1. The van der Waals surface area contributed by atoms with Gasteiger partial charge in [0.25, 0.3) is 0 Å². The molecular formula is C20H16FN. The van der Waals surface area contributed by atoms with Crippen LogP contribution in [0, 0.1) is 5.82 Å². The van der Waals surface area contributed by atoms with Crippen molar-refractivity contribution in [2.75, 3.05) is 5.32 Å². The maximum atomic E-state index is 13.1. The van der Waals surface area contributed by atoms with Crippen LogP contribution in [0.4, 0.5) is 10.1 Å². The first-order valence-electron chi connectivity index (χ1n) is 7.50. The SMILES string of the molecule is Fc1ccc(C2Cc3cc(-c4ccccc4)ccc3N2)cc1. The number of hydrogen-bond donors (Lipinski definition) is 1. The zero-order valence-electron chi connectivity index (χ0n) is 12.1. The maximum Gasteiger partial charge on any atom is 0.123 e. The van der Waals surface area contributed by atoms with E-state index in [4.69, 9.17) is 0 Å². The summed E-state index contributed by atoms with van der Waals surface area (Å²) in [7, 11) is 0. The highest BCUT2D eigenvalue weighted by Crippen LogP contribution is 2.36. The Morgan fingerprint density at radius 3 is 2.36 bits per heavy atom. The number of hydrogen-bond acceptors (Lipinski definition) is 1. The first-order chi connectivity index (χ1) is 10.8. The Bertz CT molecular complexity index is 794. The Labute approximate surface area is 129 Å². The molecule has 0 saturated heterocycles. The lowest BCUT2D eigenvalue weighted by atomic mass is 9.99. The molecule has 1 N–H and O–H groups in total. The minimum absolute atomic E-state index is 0.189. The summed E-state index contributed by atoms with van der Waals surface area (Å²) in [6.45, 7) is 0. The molecule has 2 heteroatoms. The fourth-order valence-corrected chi connectivity index (χ4v) is 3.07. The maximum absolute atomic E-state index is 13.1. The van der Waals surface area contributed by atoms with E-state index in [-0.39, 0.29) is 11.9 Å². The lowest BCUT2D eigenvalue weighted by Crippen LogP contribution is -2.05.